The molecular formula is C21H22ClN3. The van der Waals surface area contributed by atoms with Crippen molar-refractivity contribution in [3.8, 4) is 0 Å². The summed E-state index contributed by atoms with van der Waals surface area (Å²) in [7, 11) is 2.17. The molecule has 3 aliphatic rings. The summed E-state index contributed by atoms with van der Waals surface area (Å²) in [4.78, 5) is 9.75. The SMILES string of the molecule is C/C=C1/CC=C2C(=N1)C(N1CCN(C)CC1)=C=Cc1ccc(Cl)cc12. The monoisotopic (exact) mass is 351 g/mol. The average molecular weight is 352 g/mol. The van der Waals surface area contributed by atoms with E-state index in [9.17, 15) is 0 Å². The number of rotatable bonds is 1. The average Bonchev–Trinajstić information content (AvgIpc) is 2.79. The number of allylic oxidation sites excluding steroid dienone is 3. The molecule has 2 heterocycles. The topological polar surface area (TPSA) is 18.8 Å². The van der Waals surface area contributed by atoms with Gasteiger partial charge in [-0.1, -0.05) is 35.6 Å². The summed E-state index contributed by atoms with van der Waals surface area (Å²) in [6.07, 6.45) is 7.31. The van der Waals surface area contributed by atoms with Crippen LogP contribution >= 0.6 is 11.6 Å². The summed E-state index contributed by atoms with van der Waals surface area (Å²) in [5, 5.41) is 0.757. The Morgan fingerprint density at radius 2 is 2.00 bits per heavy atom. The van der Waals surface area contributed by atoms with E-state index in [-0.39, 0.29) is 0 Å². The Morgan fingerprint density at radius 3 is 2.76 bits per heavy atom. The van der Waals surface area contributed by atoms with Crippen LogP contribution in [0.2, 0.25) is 5.02 Å². The largest absolute Gasteiger partial charge is 0.361 e. The van der Waals surface area contributed by atoms with Crippen molar-refractivity contribution in [3.05, 3.63) is 63.6 Å². The van der Waals surface area contributed by atoms with Gasteiger partial charge in [-0.25, -0.2) is 4.99 Å². The van der Waals surface area contributed by atoms with E-state index in [0.29, 0.717) is 0 Å². The van der Waals surface area contributed by atoms with E-state index in [2.05, 4.69) is 53.8 Å². The van der Waals surface area contributed by atoms with Gasteiger partial charge in [-0.05, 0) is 43.3 Å². The summed E-state index contributed by atoms with van der Waals surface area (Å²) in [5.74, 6) is 0. The Morgan fingerprint density at radius 1 is 1.20 bits per heavy atom. The standard InChI is InChI=1S/C21H22ClN3/c1-3-17-7-8-18-19-14-16(22)6-4-15(19)5-9-20(21(18)23-17)25-12-10-24(2)11-13-25/h3-6,8,14H,7,10-13H2,1-2H3/b17-3-. The van der Waals surface area contributed by atoms with Gasteiger partial charge >= 0.3 is 0 Å². The molecule has 0 atom stereocenters. The van der Waals surface area contributed by atoms with E-state index in [0.717, 1.165) is 65.9 Å². The Balaban J connectivity index is 1.85. The number of nitrogens with zero attached hydrogens (tertiary/aromatic N) is 3. The zero-order valence-corrected chi connectivity index (χ0v) is 15.5. The number of halogens is 1. The fourth-order valence-corrected chi connectivity index (χ4v) is 3.70. The minimum atomic E-state index is 0.757. The summed E-state index contributed by atoms with van der Waals surface area (Å²) in [6.45, 7) is 6.18. The Kier molecular flexibility index (Phi) is 4.39. The lowest BCUT2D eigenvalue weighted by Gasteiger charge is -2.35. The predicted octanol–water partition coefficient (Wildman–Crippen LogP) is 4.23. The molecule has 128 valence electrons. The van der Waals surface area contributed by atoms with Gasteiger partial charge in [-0.2, -0.15) is 0 Å². The third-order valence-electron chi connectivity index (χ3n) is 5.07. The maximum Gasteiger partial charge on any atom is 0.107 e. The van der Waals surface area contributed by atoms with Crippen molar-refractivity contribution < 1.29 is 0 Å². The van der Waals surface area contributed by atoms with Crippen LogP contribution in [0.1, 0.15) is 24.5 Å². The number of aliphatic imine (C=N–C) groups is 1. The highest BCUT2D eigenvalue weighted by Crippen LogP contribution is 2.34. The maximum absolute atomic E-state index is 6.28. The molecule has 0 amide bonds. The highest BCUT2D eigenvalue weighted by atomic mass is 35.5. The van der Waals surface area contributed by atoms with Gasteiger partial charge in [-0.15, -0.1) is 0 Å². The summed E-state index contributed by atoms with van der Waals surface area (Å²) >= 11 is 6.28. The van der Waals surface area contributed by atoms with Crippen LogP contribution in [-0.2, 0) is 0 Å². The van der Waals surface area contributed by atoms with Crippen LogP contribution in [-0.4, -0.2) is 48.7 Å². The summed E-state index contributed by atoms with van der Waals surface area (Å²) < 4.78 is 0. The fraction of sp³-hybridized carbons (Fsp3) is 0.333. The minimum absolute atomic E-state index is 0.757. The fourth-order valence-electron chi connectivity index (χ4n) is 3.53. The van der Waals surface area contributed by atoms with Gasteiger partial charge < -0.3 is 9.80 Å². The Bertz CT molecular complexity index is 861. The molecule has 0 unspecified atom stereocenters. The molecule has 1 saturated heterocycles. The lowest BCUT2D eigenvalue weighted by Crippen LogP contribution is -2.45. The van der Waals surface area contributed by atoms with Gasteiger partial charge in [0.25, 0.3) is 0 Å². The molecule has 4 rings (SSSR count). The minimum Gasteiger partial charge on any atom is -0.361 e. The first-order valence-corrected chi connectivity index (χ1v) is 9.18. The number of fused-ring (bicyclic) bond motifs is 3. The summed E-state index contributed by atoms with van der Waals surface area (Å²) in [6, 6.07) is 6.06. The van der Waals surface area contributed by atoms with Crippen LogP contribution in [0.15, 0.2) is 52.5 Å². The van der Waals surface area contributed by atoms with Crippen molar-refractivity contribution in [2.75, 3.05) is 33.2 Å². The van der Waals surface area contributed by atoms with E-state index in [1.165, 1.54) is 5.57 Å². The van der Waals surface area contributed by atoms with Gasteiger partial charge in [0.05, 0.1) is 0 Å². The zero-order chi connectivity index (χ0) is 17.4. The molecule has 0 radical (unpaired) electrons. The smallest absolute Gasteiger partial charge is 0.107 e. The number of dihydropyridines is 1. The van der Waals surface area contributed by atoms with Crippen molar-refractivity contribution >= 4 is 29.0 Å². The first kappa shape index (κ1) is 16.4. The van der Waals surface area contributed by atoms with E-state index >= 15 is 0 Å². The van der Waals surface area contributed by atoms with Gasteiger partial charge in [0.1, 0.15) is 11.4 Å². The molecule has 4 heteroatoms. The quantitative estimate of drug-likeness (QED) is 0.705. The molecule has 1 fully saturated rings. The van der Waals surface area contributed by atoms with Gasteiger partial charge in [0, 0.05) is 48.9 Å². The molecular weight excluding hydrogens is 330 g/mol. The van der Waals surface area contributed by atoms with Crippen LogP contribution in [0.4, 0.5) is 0 Å². The highest BCUT2D eigenvalue weighted by molar-refractivity contribution is 6.35. The lowest BCUT2D eigenvalue weighted by atomic mass is 9.93. The molecule has 25 heavy (non-hydrogen) atoms. The lowest BCUT2D eigenvalue weighted by molar-refractivity contribution is 0.193. The number of likely N-dealkylation sites (N-methyl/N-ethyl adjacent to an activating group) is 1. The maximum atomic E-state index is 6.28. The first-order valence-electron chi connectivity index (χ1n) is 8.80. The van der Waals surface area contributed by atoms with Crippen molar-refractivity contribution in [1.29, 1.82) is 0 Å². The second kappa shape index (κ2) is 6.68. The molecule has 2 aliphatic heterocycles. The summed E-state index contributed by atoms with van der Waals surface area (Å²) in [5.41, 5.74) is 10.3. The number of benzene rings is 1. The molecule has 0 N–H and O–H groups in total. The predicted molar refractivity (Wildman–Crippen MR) is 106 cm³/mol. The molecule has 1 aromatic rings. The van der Waals surface area contributed by atoms with E-state index in [4.69, 9.17) is 16.6 Å². The number of hydrogen-bond acceptors (Lipinski definition) is 3. The van der Waals surface area contributed by atoms with Gasteiger partial charge in [-0.3, -0.25) is 0 Å². The van der Waals surface area contributed by atoms with Crippen LogP contribution < -0.4 is 0 Å². The van der Waals surface area contributed by atoms with Crippen molar-refractivity contribution in [3.63, 3.8) is 0 Å². The molecule has 0 bridgehead atoms. The molecule has 1 aromatic carbocycles. The van der Waals surface area contributed by atoms with Crippen LogP contribution in [0.3, 0.4) is 0 Å². The van der Waals surface area contributed by atoms with Gasteiger partial charge in [0.15, 0.2) is 0 Å². The Labute approximate surface area is 154 Å². The zero-order valence-electron chi connectivity index (χ0n) is 14.7. The number of piperazine rings is 1. The normalized spacial score (nSPS) is 22.0. The number of hydrogen-bond donors (Lipinski definition) is 0. The second-order valence-corrected chi connectivity index (χ2v) is 7.16. The first-order chi connectivity index (χ1) is 12.2. The third kappa shape index (κ3) is 3.11. The molecule has 3 nitrogen and oxygen atoms in total. The molecule has 0 spiro atoms. The van der Waals surface area contributed by atoms with Crippen molar-refractivity contribution in [2.45, 2.75) is 13.3 Å². The van der Waals surface area contributed by atoms with E-state index in [1.807, 2.05) is 12.1 Å². The molecule has 0 saturated carbocycles. The van der Waals surface area contributed by atoms with Crippen molar-refractivity contribution in [2.24, 2.45) is 4.99 Å². The highest BCUT2D eigenvalue weighted by Gasteiger charge is 2.27. The second-order valence-electron chi connectivity index (χ2n) is 6.72. The Hall–Kier alpha value is -2.06. The van der Waals surface area contributed by atoms with Crippen LogP contribution in [0, 0.1) is 0 Å². The van der Waals surface area contributed by atoms with Crippen molar-refractivity contribution in [1.82, 2.24) is 9.80 Å². The van der Waals surface area contributed by atoms with Gasteiger partial charge in [0.2, 0.25) is 0 Å². The van der Waals surface area contributed by atoms with E-state index in [1.54, 1.807) is 0 Å². The third-order valence-corrected chi connectivity index (χ3v) is 5.31. The molecule has 1 aliphatic carbocycles. The van der Waals surface area contributed by atoms with Crippen LogP contribution in [0.25, 0.3) is 11.6 Å². The van der Waals surface area contributed by atoms with Crippen LogP contribution in [0.5, 0.6) is 0 Å². The van der Waals surface area contributed by atoms with E-state index < -0.39 is 0 Å². The molecule has 0 aromatic heterocycles.